The number of hydrogen-bond acceptors (Lipinski definition) is 4. The summed E-state index contributed by atoms with van der Waals surface area (Å²) in [5.74, 6) is 0.0539. The first-order valence-corrected chi connectivity index (χ1v) is 15.4. The van der Waals surface area contributed by atoms with Crippen molar-refractivity contribution in [2.24, 2.45) is 5.41 Å². The van der Waals surface area contributed by atoms with E-state index in [0.717, 1.165) is 77.1 Å². The zero-order valence-corrected chi connectivity index (χ0v) is 24.1. The minimum atomic E-state index is -0.160. The highest BCUT2D eigenvalue weighted by Gasteiger charge is 2.44. The highest BCUT2D eigenvalue weighted by molar-refractivity contribution is 5.98. The molecular weight excluding hydrogens is 499 g/mol. The van der Waals surface area contributed by atoms with Gasteiger partial charge < -0.3 is 10.2 Å². The molecule has 3 saturated heterocycles. The maximum Gasteiger partial charge on any atom is 0.254 e. The predicted molar refractivity (Wildman–Crippen MR) is 157 cm³/mol. The Morgan fingerprint density at radius 1 is 1.00 bits per heavy atom. The number of halogens is 1. The third-order valence-electron chi connectivity index (χ3n) is 10.3. The van der Waals surface area contributed by atoms with Crippen LogP contribution in [0.15, 0.2) is 48.0 Å². The second-order valence-corrected chi connectivity index (χ2v) is 13.8. The van der Waals surface area contributed by atoms with Crippen molar-refractivity contribution in [2.75, 3.05) is 32.7 Å². The molecule has 1 unspecified atom stereocenters. The van der Waals surface area contributed by atoms with Crippen LogP contribution in [0.3, 0.4) is 0 Å². The second-order valence-electron chi connectivity index (χ2n) is 13.8. The van der Waals surface area contributed by atoms with Gasteiger partial charge in [0.05, 0.1) is 0 Å². The van der Waals surface area contributed by atoms with Crippen LogP contribution in [0.4, 0.5) is 4.39 Å². The number of fused-ring (bicyclic) bond motifs is 3. The van der Waals surface area contributed by atoms with Crippen molar-refractivity contribution in [3.8, 4) is 0 Å². The number of carbonyl (C=O) groups is 1. The molecule has 5 aliphatic rings. The number of piperazine rings is 1. The molecule has 0 spiro atoms. The van der Waals surface area contributed by atoms with Crippen LogP contribution < -0.4 is 5.32 Å². The van der Waals surface area contributed by atoms with E-state index in [2.05, 4.69) is 52.1 Å². The zero-order chi connectivity index (χ0) is 27.4. The van der Waals surface area contributed by atoms with E-state index in [1.54, 1.807) is 17.7 Å². The fourth-order valence-corrected chi connectivity index (χ4v) is 8.05. The summed E-state index contributed by atoms with van der Waals surface area (Å²) >= 11 is 0. The molecule has 0 saturated carbocycles. The van der Waals surface area contributed by atoms with Crippen LogP contribution >= 0.6 is 0 Å². The molecule has 4 aliphatic heterocycles. The number of carbonyl (C=O) groups excluding carboxylic acids is 1. The molecule has 5 nitrogen and oxygen atoms in total. The summed E-state index contributed by atoms with van der Waals surface area (Å²) in [6.45, 7) is 11.7. The number of piperidine rings is 1. The first-order chi connectivity index (χ1) is 19.3. The van der Waals surface area contributed by atoms with E-state index >= 15 is 0 Å². The van der Waals surface area contributed by atoms with Gasteiger partial charge in [-0.15, -0.1) is 0 Å². The maximum absolute atomic E-state index is 13.7. The van der Waals surface area contributed by atoms with Gasteiger partial charge in [-0.25, -0.2) is 4.39 Å². The molecule has 2 aromatic rings. The summed E-state index contributed by atoms with van der Waals surface area (Å²) in [4.78, 5) is 20.6. The third kappa shape index (κ3) is 5.03. The summed E-state index contributed by atoms with van der Waals surface area (Å²) in [5, 5.41) is 3.46. The van der Waals surface area contributed by atoms with Gasteiger partial charge in [-0.2, -0.15) is 0 Å². The van der Waals surface area contributed by atoms with Crippen molar-refractivity contribution < 1.29 is 9.18 Å². The number of hydrogen-bond donors (Lipinski definition) is 1. The van der Waals surface area contributed by atoms with E-state index in [0.29, 0.717) is 23.5 Å². The van der Waals surface area contributed by atoms with Gasteiger partial charge in [0, 0.05) is 63.0 Å². The van der Waals surface area contributed by atoms with Crippen LogP contribution in [0.1, 0.15) is 79.4 Å². The van der Waals surface area contributed by atoms with Crippen molar-refractivity contribution in [3.63, 3.8) is 0 Å². The minimum Gasteiger partial charge on any atom is -0.330 e. The SMILES string of the molecule is CC1(C)CCC(CN2C[C@H]3C[C@@H]2CN3Cc2ccc3c(c2)CN(C2CCCNC2)C3=O)=C(c2ccc(F)cc2)C1. The number of rotatable bonds is 6. The Kier molecular flexibility index (Phi) is 6.84. The van der Waals surface area contributed by atoms with Gasteiger partial charge in [-0.3, -0.25) is 14.6 Å². The van der Waals surface area contributed by atoms with Gasteiger partial charge in [0.1, 0.15) is 5.82 Å². The lowest BCUT2D eigenvalue weighted by Crippen LogP contribution is -2.46. The van der Waals surface area contributed by atoms with Crippen molar-refractivity contribution >= 4 is 11.5 Å². The van der Waals surface area contributed by atoms with Crippen LogP contribution in [0, 0.1) is 11.2 Å². The maximum atomic E-state index is 13.7. The molecule has 2 bridgehead atoms. The van der Waals surface area contributed by atoms with E-state index in [1.165, 1.54) is 35.1 Å². The number of likely N-dealkylation sites (tertiary alicyclic amines) is 2. The van der Waals surface area contributed by atoms with Gasteiger partial charge in [0.2, 0.25) is 0 Å². The number of benzene rings is 2. The number of allylic oxidation sites excluding steroid dienone is 1. The van der Waals surface area contributed by atoms with Crippen molar-refractivity contribution in [2.45, 2.75) is 83.6 Å². The van der Waals surface area contributed by atoms with Gasteiger partial charge in [-0.05, 0) is 90.9 Å². The fourth-order valence-electron chi connectivity index (χ4n) is 8.05. The van der Waals surface area contributed by atoms with E-state index < -0.39 is 0 Å². The van der Waals surface area contributed by atoms with E-state index in [1.807, 2.05) is 12.1 Å². The summed E-state index contributed by atoms with van der Waals surface area (Å²) in [6.07, 6.45) is 6.92. The first-order valence-electron chi connectivity index (χ1n) is 15.4. The van der Waals surface area contributed by atoms with Crippen LogP contribution in [0.25, 0.3) is 5.57 Å². The van der Waals surface area contributed by atoms with Crippen LogP contribution in [0.2, 0.25) is 0 Å². The van der Waals surface area contributed by atoms with Crippen molar-refractivity contribution in [1.29, 1.82) is 0 Å². The highest BCUT2D eigenvalue weighted by atomic mass is 19.1. The smallest absolute Gasteiger partial charge is 0.254 e. The van der Waals surface area contributed by atoms with E-state index in [9.17, 15) is 9.18 Å². The molecule has 7 rings (SSSR count). The highest BCUT2D eigenvalue weighted by Crippen LogP contribution is 2.44. The molecule has 1 amide bonds. The Balaban J connectivity index is 1.01. The Bertz CT molecular complexity index is 1310. The second kappa shape index (κ2) is 10.4. The van der Waals surface area contributed by atoms with E-state index in [4.69, 9.17) is 0 Å². The molecule has 3 atom stereocenters. The quantitative estimate of drug-likeness (QED) is 0.527. The Morgan fingerprint density at radius 2 is 1.77 bits per heavy atom. The molecule has 0 radical (unpaired) electrons. The Morgan fingerprint density at radius 3 is 2.50 bits per heavy atom. The molecule has 6 heteroatoms. The monoisotopic (exact) mass is 542 g/mol. The van der Waals surface area contributed by atoms with Crippen LogP contribution in [-0.4, -0.2) is 71.5 Å². The molecule has 1 N–H and O–H groups in total. The molecule has 3 fully saturated rings. The molecule has 0 aromatic heterocycles. The van der Waals surface area contributed by atoms with Crippen LogP contribution in [0.5, 0.6) is 0 Å². The average Bonchev–Trinajstić information content (AvgIpc) is 3.63. The molecular formula is C34H43FN4O. The third-order valence-corrected chi connectivity index (χ3v) is 10.3. The minimum absolute atomic E-state index is 0.160. The fraction of sp³-hybridized carbons (Fsp3) is 0.559. The zero-order valence-electron chi connectivity index (χ0n) is 24.1. The molecule has 2 aromatic carbocycles. The summed E-state index contributed by atoms with van der Waals surface area (Å²) in [6, 6.07) is 15.3. The molecule has 40 heavy (non-hydrogen) atoms. The van der Waals surface area contributed by atoms with Gasteiger partial charge >= 0.3 is 0 Å². The van der Waals surface area contributed by atoms with Crippen molar-refractivity contribution in [1.82, 2.24) is 20.0 Å². The van der Waals surface area contributed by atoms with Crippen molar-refractivity contribution in [3.05, 3.63) is 76.1 Å². The summed E-state index contributed by atoms with van der Waals surface area (Å²) in [7, 11) is 0. The summed E-state index contributed by atoms with van der Waals surface area (Å²) < 4.78 is 13.7. The van der Waals surface area contributed by atoms with Gasteiger partial charge in [0.25, 0.3) is 5.91 Å². The molecule has 4 heterocycles. The normalized spacial score (nSPS) is 28.5. The van der Waals surface area contributed by atoms with E-state index in [-0.39, 0.29) is 11.7 Å². The Labute approximate surface area is 238 Å². The topological polar surface area (TPSA) is 38.8 Å². The first kappa shape index (κ1) is 26.4. The lowest BCUT2D eigenvalue weighted by atomic mass is 9.72. The average molecular weight is 543 g/mol. The lowest BCUT2D eigenvalue weighted by molar-refractivity contribution is 0.0674. The van der Waals surface area contributed by atoms with Crippen LogP contribution in [-0.2, 0) is 13.1 Å². The van der Waals surface area contributed by atoms with Gasteiger partial charge in [-0.1, -0.05) is 43.7 Å². The number of nitrogens with zero attached hydrogens (tertiary/aromatic N) is 3. The largest absolute Gasteiger partial charge is 0.330 e. The predicted octanol–water partition coefficient (Wildman–Crippen LogP) is 5.46. The Hall–Kier alpha value is -2.54. The lowest BCUT2D eigenvalue weighted by Gasteiger charge is -2.38. The summed E-state index contributed by atoms with van der Waals surface area (Å²) in [5.41, 5.74) is 7.95. The molecule has 1 aliphatic carbocycles. The number of amides is 1. The number of nitrogens with one attached hydrogen (secondary N) is 1. The molecule has 212 valence electrons. The van der Waals surface area contributed by atoms with Gasteiger partial charge in [0.15, 0.2) is 0 Å². The standard InChI is InChI=1S/C34H43FN4O/c1-34(2)12-11-25(32(16-34)24-6-8-27(35)9-7-24)19-38-22-29-15-30(38)21-37(29)18-23-5-10-31-26(14-23)20-39(33(31)40)28-4-3-13-36-17-28/h5-10,14,28-30,36H,3-4,11-13,15-22H2,1-2H3/t28?,29-,30-/m1/s1.